The Morgan fingerprint density at radius 2 is 1.90 bits per heavy atom. The maximum Gasteiger partial charge on any atom is 0.387 e. The van der Waals surface area contributed by atoms with E-state index in [0.717, 1.165) is 10.2 Å². The molecule has 0 bridgehead atoms. The van der Waals surface area contributed by atoms with Gasteiger partial charge in [-0.3, -0.25) is 9.36 Å². The van der Waals surface area contributed by atoms with E-state index in [1.54, 1.807) is 18.2 Å². The first-order chi connectivity index (χ1) is 10.1. The van der Waals surface area contributed by atoms with Gasteiger partial charge in [-0.1, -0.05) is 0 Å². The normalized spacial score (nSPS) is 11.2. The molecule has 21 heavy (non-hydrogen) atoms. The van der Waals surface area contributed by atoms with Crippen LogP contribution in [0.2, 0.25) is 0 Å². The van der Waals surface area contributed by atoms with Crippen molar-refractivity contribution >= 4 is 37.5 Å². The van der Waals surface area contributed by atoms with Crippen molar-refractivity contribution in [1.82, 2.24) is 4.57 Å². The largest absolute Gasteiger partial charge is 0.435 e. The third-order valence-corrected chi connectivity index (χ3v) is 4.32. The van der Waals surface area contributed by atoms with Crippen molar-refractivity contribution in [3.05, 3.63) is 56.6 Å². The van der Waals surface area contributed by atoms with Crippen LogP contribution in [-0.4, -0.2) is 11.2 Å². The molecule has 0 amide bonds. The lowest BCUT2D eigenvalue weighted by Crippen LogP contribution is -2.18. The van der Waals surface area contributed by atoms with Crippen molar-refractivity contribution in [2.75, 3.05) is 0 Å². The van der Waals surface area contributed by atoms with Crippen molar-refractivity contribution in [2.45, 2.75) is 6.61 Å². The number of hydrogen-bond acceptors (Lipinski definition) is 3. The van der Waals surface area contributed by atoms with E-state index in [-0.39, 0.29) is 11.3 Å². The number of halogens is 3. The number of benzene rings is 1. The van der Waals surface area contributed by atoms with Gasteiger partial charge in [-0.25, -0.2) is 0 Å². The maximum absolute atomic E-state index is 12.3. The monoisotopic (exact) mass is 371 g/mol. The van der Waals surface area contributed by atoms with Crippen molar-refractivity contribution in [3.8, 4) is 11.4 Å². The van der Waals surface area contributed by atoms with Crippen molar-refractivity contribution in [2.24, 2.45) is 0 Å². The Bertz CT molecular complexity index is 842. The predicted molar refractivity (Wildman–Crippen MR) is 81.8 cm³/mol. The van der Waals surface area contributed by atoms with E-state index < -0.39 is 6.61 Å². The summed E-state index contributed by atoms with van der Waals surface area (Å²) in [5.74, 6) is 0.0540. The zero-order valence-corrected chi connectivity index (χ0v) is 12.8. The molecule has 0 fully saturated rings. The van der Waals surface area contributed by atoms with Gasteiger partial charge < -0.3 is 4.74 Å². The highest BCUT2D eigenvalue weighted by Gasteiger charge is 2.11. The quantitative estimate of drug-likeness (QED) is 0.682. The molecule has 2 aromatic heterocycles. The summed E-state index contributed by atoms with van der Waals surface area (Å²) in [4.78, 5) is 12.3. The average Bonchev–Trinajstić information content (AvgIpc) is 2.88. The molecule has 3 aromatic rings. The van der Waals surface area contributed by atoms with Crippen LogP contribution in [0.25, 0.3) is 15.9 Å². The number of aromatic nitrogens is 1. The van der Waals surface area contributed by atoms with Crippen molar-refractivity contribution in [1.29, 1.82) is 0 Å². The molecule has 108 valence electrons. The molecule has 0 spiro atoms. The van der Waals surface area contributed by atoms with E-state index in [2.05, 4.69) is 20.7 Å². The molecule has 0 N–H and O–H groups in total. The molecular weight excluding hydrogens is 364 g/mol. The Hall–Kier alpha value is -1.73. The van der Waals surface area contributed by atoms with E-state index in [1.807, 2.05) is 11.4 Å². The molecule has 0 saturated carbocycles. The molecule has 7 heteroatoms. The van der Waals surface area contributed by atoms with Gasteiger partial charge in [-0.2, -0.15) is 8.78 Å². The van der Waals surface area contributed by atoms with E-state index in [4.69, 9.17) is 0 Å². The molecule has 0 aliphatic rings. The third kappa shape index (κ3) is 2.71. The van der Waals surface area contributed by atoms with Crippen molar-refractivity contribution in [3.63, 3.8) is 0 Å². The summed E-state index contributed by atoms with van der Waals surface area (Å²) in [6.07, 6.45) is 0. The minimum atomic E-state index is -2.87. The summed E-state index contributed by atoms with van der Waals surface area (Å²) in [6, 6.07) is 9.58. The number of nitrogens with zero attached hydrogens (tertiary/aromatic N) is 1. The first-order valence-electron chi connectivity index (χ1n) is 5.90. The second-order valence-electron chi connectivity index (χ2n) is 4.18. The van der Waals surface area contributed by atoms with Crippen LogP contribution >= 0.6 is 27.3 Å². The van der Waals surface area contributed by atoms with Gasteiger partial charge in [0.25, 0.3) is 5.56 Å². The molecule has 0 saturated heterocycles. The second kappa shape index (κ2) is 5.57. The predicted octanol–water partition coefficient (Wildman–Crippen LogP) is 4.42. The van der Waals surface area contributed by atoms with Crippen LogP contribution in [-0.2, 0) is 0 Å². The van der Waals surface area contributed by atoms with E-state index >= 15 is 0 Å². The van der Waals surface area contributed by atoms with E-state index in [9.17, 15) is 13.6 Å². The van der Waals surface area contributed by atoms with Gasteiger partial charge in [0.2, 0.25) is 0 Å². The van der Waals surface area contributed by atoms with E-state index in [0.29, 0.717) is 10.2 Å². The Morgan fingerprint density at radius 1 is 1.19 bits per heavy atom. The molecule has 0 radical (unpaired) electrons. The SMILES string of the molecule is O=c1c(Br)cc2sccc2n1-c1ccc(OC(F)F)cc1. The Kier molecular flexibility index (Phi) is 3.77. The summed E-state index contributed by atoms with van der Waals surface area (Å²) < 4.78 is 31.5. The van der Waals surface area contributed by atoms with Gasteiger partial charge in [0.1, 0.15) is 5.75 Å². The summed E-state index contributed by atoms with van der Waals surface area (Å²) in [5.41, 5.74) is 1.16. The Balaban J connectivity index is 2.14. The molecule has 0 unspecified atom stereocenters. The number of pyridine rings is 1. The molecule has 0 aliphatic carbocycles. The minimum absolute atomic E-state index is 0.0540. The molecule has 1 aromatic carbocycles. The average molecular weight is 372 g/mol. The fraction of sp³-hybridized carbons (Fsp3) is 0.0714. The van der Waals surface area contributed by atoms with Gasteiger partial charge in [-0.15, -0.1) is 11.3 Å². The fourth-order valence-corrected chi connectivity index (χ4v) is 3.40. The molecule has 0 atom stereocenters. The summed E-state index contributed by atoms with van der Waals surface area (Å²) in [6.45, 7) is -2.87. The Morgan fingerprint density at radius 3 is 2.57 bits per heavy atom. The lowest BCUT2D eigenvalue weighted by Gasteiger charge is -2.10. The van der Waals surface area contributed by atoms with Crippen LogP contribution in [0.15, 0.2) is 51.0 Å². The number of fused-ring (bicyclic) bond motifs is 1. The van der Waals surface area contributed by atoms with Crippen LogP contribution in [0.5, 0.6) is 5.75 Å². The third-order valence-electron chi connectivity index (χ3n) is 2.90. The first kappa shape index (κ1) is 14.2. The summed E-state index contributed by atoms with van der Waals surface area (Å²) in [5, 5.41) is 1.89. The topological polar surface area (TPSA) is 31.2 Å². The zero-order valence-electron chi connectivity index (χ0n) is 10.4. The van der Waals surface area contributed by atoms with Crippen LogP contribution < -0.4 is 10.3 Å². The standard InChI is InChI=1S/C14H8BrF2NO2S/c15-10-7-12-11(5-6-21-12)18(13(10)19)8-1-3-9(4-2-8)20-14(16)17/h1-7,14H. The molecule has 2 heterocycles. The summed E-state index contributed by atoms with van der Waals surface area (Å²) >= 11 is 4.76. The van der Waals surface area contributed by atoms with Crippen LogP contribution in [0.1, 0.15) is 0 Å². The van der Waals surface area contributed by atoms with Gasteiger partial charge in [0.15, 0.2) is 0 Å². The second-order valence-corrected chi connectivity index (χ2v) is 5.98. The molecule has 3 nitrogen and oxygen atoms in total. The lowest BCUT2D eigenvalue weighted by atomic mass is 10.2. The number of hydrogen-bond donors (Lipinski definition) is 0. The molecule has 3 rings (SSSR count). The highest BCUT2D eigenvalue weighted by molar-refractivity contribution is 9.10. The lowest BCUT2D eigenvalue weighted by molar-refractivity contribution is -0.0498. The van der Waals surface area contributed by atoms with Crippen LogP contribution in [0, 0.1) is 0 Å². The number of ether oxygens (including phenoxy) is 1. The first-order valence-corrected chi connectivity index (χ1v) is 7.57. The van der Waals surface area contributed by atoms with Gasteiger partial charge in [0, 0.05) is 5.69 Å². The number of thiophene rings is 1. The smallest absolute Gasteiger partial charge is 0.387 e. The maximum atomic E-state index is 12.3. The highest BCUT2D eigenvalue weighted by atomic mass is 79.9. The van der Waals surface area contributed by atoms with Gasteiger partial charge >= 0.3 is 6.61 Å². The molecular formula is C14H8BrF2NO2S. The fourth-order valence-electron chi connectivity index (χ4n) is 2.03. The van der Waals surface area contributed by atoms with Gasteiger partial charge in [-0.05, 0) is 57.7 Å². The summed E-state index contributed by atoms with van der Waals surface area (Å²) in [7, 11) is 0. The van der Waals surface area contributed by atoms with Crippen LogP contribution in [0.4, 0.5) is 8.78 Å². The van der Waals surface area contributed by atoms with Crippen molar-refractivity contribution < 1.29 is 13.5 Å². The Labute approximate surface area is 130 Å². The number of rotatable bonds is 3. The molecule has 0 aliphatic heterocycles. The highest BCUT2D eigenvalue weighted by Crippen LogP contribution is 2.25. The number of alkyl halides is 2. The zero-order chi connectivity index (χ0) is 15.0. The van der Waals surface area contributed by atoms with Gasteiger partial charge in [0.05, 0.1) is 14.7 Å². The van der Waals surface area contributed by atoms with Crippen LogP contribution in [0.3, 0.4) is 0 Å². The minimum Gasteiger partial charge on any atom is -0.435 e. The van der Waals surface area contributed by atoms with E-state index in [1.165, 1.54) is 28.0 Å².